The van der Waals surface area contributed by atoms with Crippen molar-refractivity contribution in [3.8, 4) is 17.2 Å². The van der Waals surface area contributed by atoms with Crippen molar-refractivity contribution < 1.29 is 19.0 Å². The first-order chi connectivity index (χ1) is 12.7. The predicted molar refractivity (Wildman–Crippen MR) is 94.9 cm³/mol. The highest BCUT2D eigenvalue weighted by molar-refractivity contribution is 5.51. The minimum absolute atomic E-state index is 0.0128. The van der Waals surface area contributed by atoms with E-state index in [2.05, 4.69) is 5.10 Å². The van der Waals surface area contributed by atoms with Gasteiger partial charge in [0, 0.05) is 11.1 Å². The third-order valence-corrected chi connectivity index (χ3v) is 3.77. The molecule has 1 N–H and O–H groups in total. The molecule has 0 radical (unpaired) electrons. The number of para-hydroxylation sites is 1. The molecule has 1 aromatic heterocycles. The molecule has 0 amide bonds. The molecule has 0 spiro atoms. The molecule has 3 rings (SSSR count). The third kappa shape index (κ3) is 4.38. The minimum atomic E-state index is -0.892. The van der Waals surface area contributed by atoms with Gasteiger partial charge in [-0.05, 0) is 18.2 Å². The Morgan fingerprint density at radius 2 is 1.88 bits per heavy atom. The SMILES string of the molecule is COc1ccccc1COCC(O)Cn1nc(-c2ccccc2)oc1=O. The van der Waals surface area contributed by atoms with Crippen LogP contribution in [0.1, 0.15) is 5.56 Å². The van der Waals surface area contributed by atoms with Crippen LogP contribution in [0.15, 0.2) is 63.8 Å². The van der Waals surface area contributed by atoms with Gasteiger partial charge in [0.05, 0.1) is 33.0 Å². The summed E-state index contributed by atoms with van der Waals surface area (Å²) in [6.07, 6.45) is -0.892. The lowest BCUT2D eigenvalue weighted by molar-refractivity contribution is 0.0173. The highest BCUT2D eigenvalue weighted by Gasteiger charge is 2.14. The molecule has 136 valence electrons. The van der Waals surface area contributed by atoms with Crippen LogP contribution in [0.3, 0.4) is 0 Å². The summed E-state index contributed by atoms with van der Waals surface area (Å²) in [4.78, 5) is 11.9. The maximum atomic E-state index is 11.9. The fourth-order valence-corrected chi connectivity index (χ4v) is 2.50. The highest BCUT2D eigenvalue weighted by atomic mass is 16.5. The van der Waals surface area contributed by atoms with Gasteiger partial charge in [-0.1, -0.05) is 36.4 Å². The largest absolute Gasteiger partial charge is 0.496 e. The van der Waals surface area contributed by atoms with Crippen LogP contribution in [0.2, 0.25) is 0 Å². The molecule has 1 unspecified atom stereocenters. The summed E-state index contributed by atoms with van der Waals surface area (Å²) in [5.41, 5.74) is 1.58. The number of nitrogens with zero attached hydrogens (tertiary/aromatic N) is 2. The maximum Gasteiger partial charge on any atom is 0.437 e. The fraction of sp³-hybridized carbons (Fsp3) is 0.263. The molecule has 7 nitrogen and oxygen atoms in total. The second-order valence-corrected chi connectivity index (χ2v) is 5.70. The minimum Gasteiger partial charge on any atom is -0.496 e. The second-order valence-electron chi connectivity index (χ2n) is 5.70. The van der Waals surface area contributed by atoms with E-state index in [1.807, 2.05) is 42.5 Å². The fourth-order valence-electron chi connectivity index (χ4n) is 2.50. The summed E-state index contributed by atoms with van der Waals surface area (Å²) < 4.78 is 17.0. The summed E-state index contributed by atoms with van der Waals surface area (Å²) in [5.74, 6) is 0.326. The van der Waals surface area contributed by atoms with Crippen LogP contribution in [-0.2, 0) is 17.9 Å². The van der Waals surface area contributed by atoms with E-state index >= 15 is 0 Å². The molecule has 26 heavy (non-hydrogen) atoms. The van der Waals surface area contributed by atoms with Gasteiger partial charge in [0.15, 0.2) is 0 Å². The molecular formula is C19H20N2O5. The zero-order valence-corrected chi connectivity index (χ0v) is 14.4. The lowest BCUT2D eigenvalue weighted by atomic mass is 10.2. The molecule has 0 aliphatic heterocycles. The van der Waals surface area contributed by atoms with Crippen LogP contribution in [0.25, 0.3) is 11.5 Å². The quantitative estimate of drug-likeness (QED) is 0.665. The van der Waals surface area contributed by atoms with Crippen LogP contribution in [0.5, 0.6) is 5.75 Å². The van der Waals surface area contributed by atoms with E-state index in [1.54, 1.807) is 19.2 Å². The molecule has 0 aliphatic rings. The van der Waals surface area contributed by atoms with Crippen molar-refractivity contribution in [3.63, 3.8) is 0 Å². The smallest absolute Gasteiger partial charge is 0.437 e. The molecule has 0 saturated carbocycles. The number of ether oxygens (including phenoxy) is 2. The summed E-state index contributed by atoms with van der Waals surface area (Å²) in [6, 6.07) is 16.6. The van der Waals surface area contributed by atoms with Crippen molar-refractivity contribution in [1.82, 2.24) is 9.78 Å². The molecule has 0 fully saturated rings. The number of benzene rings is 2. The standard InChI is InChI=1S/C19H20N2O5/c1-24-17-10-6-5-9-15(17)12-25-13-16(22)11-21-19(23)26-18(20-21)14-7-3-2-4-8-14/h2-10,16,22H,11-13H2,1H3. The van der Waals surface area contributed by atoms with Gasteiger partial charge < -0.3 is 19.0 Å². The van der Waals surface area contributed by atoms with Gasteiger partial charge in [-0.3, -0.25) is 0 Å². The lowest BCUT2D eigenvalue weighted by Gasteiger charge is -2.12. The van der Waals surface area contributed by atoms with Crippen LogP contribution in [-0.4, -0.2) is 34.7 Å². The van der Waals surface area contributed by atoms with Gasteiger partial charge in [-0.2, -0.15) is 4.68 Å². The van der Waals surface area contributed by atoms with E-state index in [0.717, 1.165) is 16.0 Å². The summed E-state index contributed by atoms with van der Waals surface area (Å²) in [7, 11) is 1.59. The predicted octanol–water partition coefficient (Wildman–Crippen LogP) is 2.09. The molecule has 1 atom stereocenters. The van der Waals surface area contributed by atoms with Gasteiger partial charge in [0.1, 0.15) is 5.75 Å². The Morgan fingerprint density at radius 3 is 2.65 bits per heavy atom. The molecule has 7 heteroatoms. The van der Waals surface area contributed by atoms with E-state index in [0.29, 0.717) is 12.2 Å². The Labute approximate surface area is 150 Å². The zero-order chi connectivity index (χ0) is 18.4. The topological polar surface area (TPSA) is 86.7 Å². The number of hydrogen-bond donors (Lipinski definition) is 1. The monoisotopic (exact) mass is 356 g/mol. The Balaban J connectivity index is 1.56. The van der Waals surface area contributed by atoms with E-state index in [1.165, 1.54) is 0 Å². The van der Waals surface area contributed by atoms with Gasteiger partial charge in [-0.25, -0.2) is 4.79 Å². The molecule has 0 aliphatic carbocycles. The van der Waals surface area contributed by atoms with Crippen LogP contribution >= 0.6 is 0 Å². The van der Waals surface area contributed by atoms with Gasteiger partial charge in [0.2, 0.25) is 5.89 Å². The van der Waals surface area contributed by atoms with Crippen molar-refractivity contribution in [2.45, 2.75) is 19.3 Å². The molecule has 2 aromatic carbocycles. The first-order valence-corrected chi connectivity index (χ1v) is 8.18. The molecule has 0 bridgehead atoms. The van der Waals surface area contributed by atoms with E-state index in [4.69, 9.17) is 13.9 Å². The first kappa shape index (κ1) is 17.9. The summed E-state index contributed by atoms with van der Waals surface area (Å²) in [6.45, 7) is 0.336. The summed E-state index contributed by atoms with van der Waals surface area (Å²) >= 11 is 0. The zero-order valence-electron chi connectivity index (χ0n) is 14.4. The molecule has 1 heterocycles. The Kier molecular flexibility index (Phi) is 5.83. The van der Waals surface area contributed by atoms with E-state index < -0.39 is 11.9 Å². The van der Waals surface area contributed by atoms with Crippen molar-refractivity contribution >= 4 is 0 Å². The van der Waals surface area contributed by atoms with Gasteiger partial charge in [0.25, 0.3) is 0 Å². The van der Waals surface area contributed by atoms with Gasteiger partial charge in [-0.15, -0.1) is 5.10 Å². The van der Waals surface area contributed by atoms with Crippen molar-refractivity contribution in [1.29, 1.82) is 0 Å². The lowest BCUT2D eigenvalue weighted by Crippen LogP contribution is -2.28. The molecular weight excluding hydrogens is 336 g/mol. The van der Waals surface area contributed by atoms with Crippen LogP contribution < -0.4 is 10.5 Å². The average Bonchev–Trinajstić information content (AvgIpc) is 3.03. The Hall–Kier alpha value is -2.90. The number of rotatable bonds is 8. The van der Waals surface area contributed by atoms with E-state index in [-0.39, 0.29) is 19.0 Å². The van der Waals surface area contributed by atoms with Crippen molar-refractivity contribution in [2.75, 3.05) is 13.7 Å². The van der Waals surface area contributed by atoms with E-state index in [9.17, 15) is 9.90 Å². The number of aromatic nitrogens is 2. The highest BCUT2D eigenvalue weighted by Crippen LogP contribution is 2.18. The van der Waals surface area contributed by atoms with Crippen molar-refractivity contribution in [3.05, 3.63) is 70.7 Å². The van der Waals surface area contributed by atoms with Crippen LogP contribution in [0.4, 0.5) is 0 Å². The Bertz CT molecular complexity index is 888. The number of methoxy groups -OCH3 is 1. The number of aliphatic hydroxyl groups is 1. The first-order valence-electron chi connectivity index (χ1n) is 8.18. The van der Waals surface area contributed by atoms with Gasteiger partial charge >= 0.3 is 5.76 Å². The van der Waals surface area contributed by atoms with Crippen molar-refractivity contribution in [2.24, 2.45) is 0 Å². The normalized spacial score (nSPS) is 12.1. The average molecular weight is 356 g/mol. The number of aliphatic hydroxyl groups excluding tert-OH is 1. The molecule has 3 aromatic rings. The second kappa shape index (κ2) is 8.46. The Morgan fingerprint density at radius 1 is 1.15 bits per heavy atom. The molecule has 0 saturated heterocycles. The van der Waals surface area contributed by atoms with Crippen LogP contribution in [0, 0.1) is 0 Å². The maximum absolute atomic E-state index is 11.9. The summed E-state index contributed by atoms with van der Waals surface area (Å²) in [5, 5.41) is 14.2. The number of hydrogen-bond acceptors (Lipinski definition) is 6. The third-order valence-electron chi connectivity index (χ3n) is 3.77.